The van der Waals surface area contributed by atoms with Crippen LogP contribution in [0.15, 0.2) is 24.3 Å². The van der Waals surface area contributed by atoms with E-state index in [4.69, 9.17) is 5.11 Å². The fraction of sp³-hybridized carbons (Fsp3) is 0.471. The van der Waals surface area contributed by atoms with Gasteiger partial charge in [0.1, 0.15) is 0 Å². The van der Waals surface area contributed by atoms with Gasteiger partial charge in [-0.2, -0.15) is 0 Å². The fourth-order valence-electron chi connectivity index (χ4n) is 1.91. The van der Waals surface area contributed by atoms with Crippen molar-refractivity contribution < 1.29 is 19.5 Å². The lowest BCUT2D eigenvalue weighted by Gasteiger charge is -2.21. The summed E-state index contributed by atoms with van der Waals surface area (Å²) in [6.45, 7) is 7.33. The van der Waals surface area contributed by atoms with Crippen LogP contribution in [0.3, 0.4) is 0 Å². The molecule has 0 spiro atoms. The zero-order valence-electron chi connectivity index (χ0n) is 14.7. The van der Waals surface area contributed by atoms with Crippen LogP contribution in [0.2, 0.25) is 0 Å². The minimum Gasteiger partial charge on any atom is -0.481 e. The molecule has 0 radical (unpaired) electrons. The van der Waals surface area contributed by atoms with E-state index in [0.717, 1.165) is 0 Å². The molecule has 3 amide bonds. The Labute approximate surface area is 142 Å². The monoisotopic (exact) mass is 335 g/mol. The Morgan fingerprint density at radius 3 is 2.17 bits per heavy atom. The van der Waals surface area contributed by atoms with E-state index in [1.165, 1.54) is 18.9 Å². The molecule has 1 aromatic rings. The number of nitrogens with zero attached hydrogens (tertiary/aromatic N) is 1. The molecule has 0 heterocycles. The van der Waals surface area contributed by atoms with Gasteiger partial charge in [-0.1, -0.05) is 6.92 Å². The summed E-state index contributed by atoms with van der Waals surface area (Å²) in [4.78, 5) is 36.2. The van der Waals surface area contributed by atoms with Crippen molar-refractivity contribution in [1.82, 2.24) is 10.2 Å². The summed E-state index contributed by atoms with van der Waals surface area (Å²) in [5, 5.41) is 14.4. The van der Waals surface area contributed by atoms with Gasteiger partial charge in [-0.15, -0.1) is 0 Å². The van der Waals surface area contributed by atoms with E-state index in [9.17, 15) is 14.4 Å². The molecule has 0 aliphatic heterocycles. The first-order chi connectivity index (χ1) is 11.0. The average molecular weight is 335 g/mol. The molecule has 24 heavy (non-hydrogen) atoms. The van der Waals surface area contributed by atoms with Gasteiger partial charge >= 0.3 is 12.0 Å². The van der Waals surface area contributed by atoms with Crippen molar-refractivity contribution in [1.29, 1.82) is 0 Å². The SMILES string of the molecule is CC(CN(C)C(=O)Nc1ccc(C(=O)NC(C)(C)C)cc1)C(=O)O. The molecule has 3 N–H and O–H groups in total. The van der Waals surface area contributed by atoms with Crippen LogP contribution >= 0.6 is 0 Å². The summed E-state index contributed by atoms with van der Waals surface area (Å²) < 4.78 is 0. The number of amides is 3. The molecular weight excluding hydrogens is 310 g/mol. The second-order valence-electron chi connectivity index (χ2n) is 6.83. The van der Waals surface area contributed by atoms with Crippen LogP contribution in [0.1, 0.15) is 38.1 Å². The highest BCUT2D eigenvalue weighted by atomic mass is 16.4. The van der Waals surface area contributed by atoms with E-state index in [0.29, 0.717) is 11.3 Å². The van der Waals surface area contributed by atoms with E-state index >= 15 is 0 Å². The van der Waals surface area contributed by atoms with E-state index in [2.05, 4.69) is 10.6 Å². The average Bonchev–Trinajstić information content (AvgIpc) is 2.45. The molecular formula is C17H25N3O4. The maximum absolute atomic E-state index is 12.0. The summed E-state index contributed by atoms with van der Waals surface area (Å²) in [6.07, 6.45) is 0. The van der Waals surface area contributed by atoms with Gasteiger partial charge in [-0.05, 0) is 45.0 Å². The largest absolute Gasteiger partial charge is 0.481 e. The number of benzene rings is 1. The number of carboxylic acid groups (broad SMARTS) is 1. The van der Waals surface area contributed by atoms with Crippen molar-refractivity contribution in [3.63, 3.8) is 0 Å². The molecule has 1 unspecified atom stereocenters. The molecule has 0 saturated carbocycles. The molecule has 0 saturated heterocycles. The summed E-state index contributed by atoms with van der Waals surface area (Å²) in [5.41, 5.74) is 0.700. The highest BCUT2D eigenvalue weighted by Gasteiger charge is 2.18. The van der Waals surface area contributed by atoms with Gasteiger partial charge in [-0.3, -0.25) is 9.59 Å². The first kappa shape index (κ1) is 19.5. The second-order valence-corrected chi connectivity index (χ2v) is 6.83. The Bertz CT molecular complexity index is 605. The fourth-order valence-corrected chi connectivity index (χ4v) is 1.91. The maximum atomic E-state index is 12.0. The minimum atomic E-state index is -0.955. The minimum absolute atomic E-state index is 0.104. The van der Waals surface area contributed by atoms with Crippen LogP contribution in [0.5, 0.6) is 0 Å². The van der Waals surface area contributed by atoms with Crippen LogP contribution in [0, 0.1) is 5.92 Å². The third-order valence-electron chi connectivity index (χ3n) is 3.20. The molecule has 1 atom stereocenters. The van der Waals surface area contributed by atoms with Crippen LogP contribution in [0.25, 0.3) is 0 Å². The number of aliphatic carboxylic acids is 1. The third-order valence-corrected chi connectivity index (χ3v) is 3.20. The Morgan fingerprint density at radius 1 is 1.17 bits per heavy atom. The van der Waals surface area contributed by atoms with Crippen LogP contribution in [0.4, 0.5) is 10.5 Å². The summed E-state index contributed by atoms with van der Waals surface area (Å²) in [6, 6.07) is 6.09. The standard InChI is InChI=1S/C17H25N3O4/c1-11(15(22)23)10-20(5)16(24)18-13-8-6-12(7-9-13)14(21)19-17(2,3)4/h6-9,11H,10H2,1-5H3,(H,18,24)(H,19,21)(H,22,23). The normalized spacial score (nSPS) is 12.2. The number of hydrogen-bond donors (Lipinski definition) is 3. The highest BCUT2D eigenvalue weighted by molar-refractivity contribution is 5.96. The molecule has 1 aromatic carbocycles. The highest BCUT2D eigenvalue weighted by Crippen LogP contribution is 2.12. The smallest absolute Gasteiger partial charge is 0.321 e. The second kappa shape index (κ2) is 7.81. The topological polar surface area (TPSA) is 98.7 Å². The number of urea groups is 1. The molecule has 0 bridgehead atoms. The predicted octanol–water partition coefficient (Wildman–Crippen LogP) is 2.40. The van der Waals surface area contributed by atoms with Gasteiger partial charge in [-0.25, -0.2) is 4.79 Å². The molecule has 7 heteroatoms. The first-order valence-corrected chi connectivity index (χ1v) is 7.67. The lowest BCUT2D eigenvalue weighted by molar-refractivity contribution is -0.141. The summed E-state index contributed by atoms with van der Waals surface area (Å²) in [5.74, 6) is -1.79. The Kier molecular flexibility index (Phi) is 6.34. The zero-order chi connectivity index (χ0) is 18.5. The van der Waals surface area contributed by atoms with Gasteiger partial charge in [0, 0.05) is 30.4 Å². The van der Waals surface area contributed by atoms with Gasteiger partial charge < -0.3 is 20.6 Å². The van der Waals surface area contributed by atoms with E-state index in [1.807, 2.05) is 20.8 Å². The Balaban J connectivity index is 2.65. The number of carbonyl (C=O) groups is 3. The summed E-state index contributed by atoms with van der Waals surface area (Å²) in [7, 11) is 1.53. The summed E-state index contributed by atoms with van der Waals surface area (Å²) >= 11 is 0. The van der Waals surface area contributed by atoms with Crippen molar-refractivity contribution in [3.05, 3.63) is 29.8 Å². The van der Waals surface area contributed by atoms with Gasteiger partial charge in [0.25, 0.3) is 5.91 Å². The Hall–Kier alpha value is -2.57. The number of hydrogen-bond acceptors (Lipinski definition) is 3. The molecule has 0 aromatic heterocycles. The number of anilines is 1. The molecule has 0 fully saturated rings. The first-order valence-electron chi connectivity index (χ1n) is 7.67. The maximum Gasteiger partial charge on any atom is 0.321 e. The van der Waals surface area contributed by atoms with E-state index < -0.39 is 17.9 Å². The number of carbonyl (C=O) groups excluding carboxylic acids is 2. The molecule has 0 aliphatic rings. The predicted molar refractivity (Wildman–Crippen MR) is 92.1 cm³/mol. The van der Waals surface area contributed by atoms with Crippen LogP contribution in [-0.4, -0.2) is 47.0 Å². The number of nitrogens with one attached hydrogen (secondary N) is 2. The van der Waals surface area contributed by atoms with Crippen molar-refractivity contribution in [2.24, 2.45) is 5.92 Å². The third kappa shape index (κ3) is 6.28. The van der Waals surface area contributed by atoms with Crippen molar-refractivity contribution in [2.75, 3.05) is 18.9 Å². The lowest BCUT2D eigenvalue weighted by atomic mass is 10.1. The number of carboxylic acids is 1. The quantitative estimate of drug-likeness (QED) is 0.769. The molecule has 1 rings (SSSR count). The Morgan fingerprint density at radius 2 is 1.71 bits per heavy atom. The van der Waals surface area contributed by atoms with Gasteiger partial charge in [0.2, 0.25) is 0 Å². The van der Waals surface area contributed by atoms with Crippen molar-refractivity contribution in [2.45, 2.75) is 33.2 Å². The number of rotatable bonds is 5. The molecule has 7 nitrogen and oxygen atoms in total. The van der Waals surface area contributed by atoms with Crippen molar-refractivity contribution in [3.8, 4) is 0 Å². The van der Waals surface area contributed by atoms with Crippen LogP contribution < -0.4 is 10.6 Å². The van der Waals surface area contributed by atoms with Gasteiger partial charge in [0.15, 0.2) is 0 Å². The van der Waals surface area contributed by atoms with Gasteiger partial charge in [0.05, 0.1) is 5.92 Å². The molecule has 132 valence electrons. The van der Waals surface area contributed by atoms with E-state index in [-0.39, 0.29) is 18.0 Å². The van der Waals surface area contributed by atoms with Crippen molar-refractivity contribution >= 4 is 23.6 Å². The molecule has 0 aliphatic carbocycles. The zero-order valence-corrected chi connectivity index (χ0v) is 14.7. The lowest BCUT2D eigenvalue weighted by Crippen LogP contribution is -2.40. The van der Waals surface area contributed by atoms with Crippen LogP contribution in [-0.2, 0) is 4.79 Å². The van der Waals surface area contributed by atoms with E-state index in [1.54, 1.807) is 24.3 Å².